The Labute approximate surface area is 164 Å². The van der Waals surface area contributed by atoms with Crippen molar-refractivity contribution in [1.82, 2.24) is 10.3 Å². The van der Waals surface area contributed by atoms with E-state index in [1.54, 1.807) is 31.4 Å². The maximum Gasteiger partial charge on any atom is 0.251 e. The van der Waals surface area contributed by atoms with E-state index < -0.39 is 0 Å². The largest absolute Gasteiger partial charge is 0.497 e. The lowest BCUT2D eigenvalue weighted by molar-refractivity contribution is -0.118. The molecular weight excluding hydrogens is 354 g/mol. The number of methoxy groups -OCH3 is 1. The number of nitrogens with one attached hydrogen (secondary N) is 3. The maximum atomic E-state index is 12.5. The zero-order valence-corrected chi connectivity index (χ0v) is 16.3. The highest BCUT2D eigenvalue weighted by atomic mass is 16.5. The number of aromatic amines is 1. The normalized spacial score (nSPS) is 10.9. The maximum absolute atomic E-state index is 12.5. The first-order valence-corrected chi connectivity index (χ1v) is 9.31. The third kappa shape index (κ3) is 4.52. The van der Waals surface area contributed by atoms with Crippen LogP contribution >= 0.6 is 0 Å². The Morgan fingerprint density at radius 3 is 2.71 bits per heavy atom. The van der Waals surface area contributed by atoms with Crippen molar-refractivity contribution in [3.05, 3.63) is 59.8 Å². The number of rotatable bonds is 7. The topological polar surface area (TPSA) is 83.2 Å². The first-order valence-electron chi connectivity index (χ1n) is 9.31. The van der Waals surface area contributed by atoms with Crippen LogP contribution in [0.5, 0.6) is 5.75 Å². The van der Waals surface area contributed by atoms with Gasteiger partial charge in [0.2, 0.25) is 5.91 Å². The van der Waals surface area contributed by atoms with Crippen molar-refractivity contribution >= 4 is 28.4 Å². The second-order valence-electron chi connectivity index (χ2n) is 6.96. The average Bonchev–Trinajstić information content (AvgIpc) is 3.10. The van der Waals surface area contributed by atoms with Gasteiger partial charge in [-0.1, -0.05) is 19.9 Å². The molecule has 0 aliphatic carbocycles. The van der Waals surface area contributed by atoms with Crippen molar-refractivity contribution in [3.8, 4) is 5.75 Å². The van der Waals surface area contributed by atoms with Crippen molar-refractivity contribution in [2.24, 2.45) is 5.92 Å². The van der Waals surface area contributed by atoms with Crippen LogP contribution in [-0.4, -0.2) is 30.5 Å². The van der Waals surface area contributed by atoms with E-state index >= 15 is 0 Å². The molecule has 3 aromatic rings. The highest BCUT2D eigenvalue weighted by molar-refractivity contribution is 5.97. The van der Waals surface area contributed by atoms with Crippen LogP contribution in [0.2, 0.25) is 0 Å². The molecule has 6 nitrogen and oxygen atoms in total. The molecule has 0 aliphatic heterocycles. The van der Waals surface area contributed by atoms with Gasteiger partial charge < -0.3 is 20.4 Å². The van der Waals surface area contributed by atoms with E-state index in [1.807, 2.05) is 38.2 Å². The van der Waals surface area contributed by atoms with E-state index in [4.69, 9.17) is 4.74 Å². The molecule has 0 aliphatic rings. The van der Waals surface area contributed by atoms with E-state index in [9.17, 15) is 9.59 Å². The van der Waals surface area contributed by atoms with Crippen LogP contribution in [0.4, 0.5) is 5.69 Å². The summed E-state index contributed by atoms with van der Waals surface area (Å²) < 4.78 is 5.29. The number of ether oxygens (including phenoxy) is 1. The van der Waals surface area contributed by atoms with Crippen molar-refractivity contribution in [2.75, 3.05) is 19.0 Å². The van der Waals surface area contributed by atoms with E-state index in [1.165, 1.54) is 0 Å². The van der Waals surface area contributed by atoms with E-state index in [-0.39, 0.29) is 17.7 Å². The van der Waals surface area contributed by atoms with Crippen molar-refractivity contribution < 1.29 is 14.3 Å². The van der Waals surface area contributed by atoms with Crippen LogP contribution in [0, 0.1) is 5.92 Å². The molecule has 0 bridgehead atoms. The number of anilines is 1. The monoisotopic (exact) mass is 379 g/mol. The third-order valence-corrected chi connectivity index (χ3v) is 4.57. The van der Waals surface area contributed by atoms with Crippen molar-refractivity contribution in [2.45, 2.75) is 20.3 Å². The highest BCUT2D eigenvalue weighted by Gasteiger charge is 2.11. The van der Waals surface area contributed by atoms with Gasteiger partial charge in [-0.3, -0.25) is 9.59 Å². The second kappa shape index (κ2) is 8.61. The fraction of sp³-hybridized carbons (Fsp3) is 0.273. The Balaban J connectivity index is 1.61. The van der Waals surface area contributed by atoms with Crippen molar-refractivity contribution in [1.29, 1.82) is 0 Å². The molecule has 3 rings (SSSR count). The van der Waals surface area contributed by atoms with Gasteiger partial charge >= 0.3 is 0 Å². The number of hydrogen-bond donors (Lipinski definition) is 3. The van der Waals surface area contributed by atoms with E-state index in [0.717, 1.165) is 22.2 Å². The van der Waals surface area contributed by atoms with Crippen LogP contribution in [0.1, 0.15) is 29.8 Å². The van der Waals surface area contributed by atoms with Gasteiger partial charge in [-0.25, -0.2) is 0 Å². The molecule has 0 atom stereocenters. The Kier molecular flexibility index (Phi) is 5.99. The summed E-state index contributed by atoms with van der Waals surface area (Å²) in [4.78, 5) is 27.5. The van der Waals surface area contributed by atoms with Gasteiger partial charge in [0.05, 0.1) is 7.11 Å². The number of amides is 2. The Morgan fingerprint density at radius 2 is 1.96 bits per heavy atom. The molecular formula is C22H25N3O3. The zero-order valence-electron chi connectivity index (χ0n) is 16.3. The summed E-state index contributed by atoms with van der Waals surface area (Å²) >= 11 is 0. The van der Waals surface area contributed by atoms with Gasteiger partial charge in [0.25, 0.3) is 5.91 Å². The van der Waals surface area contributed by atoms with Crippen LogP contribution in [0.25, 0.3) is 10.9 Å². The molecule has 28 heavy (non-hydrogen) atoms. The summed E-state index contributed by atoms with van der Waals surface area (Å²) in [6.45, 7) is 4.16. The molecule has 1 heterocycles. The summed E-state index contributed by atoms with van der Waals surface area (Å²) in [5, 5.41) is 6.84. The minimum atomic E-state index is -0.168. The SMILES string of the molecule is COc1ccc2[nH]cc(CCNC(=O)c3cccc(NC(=O)C(C)C)c3)c2c1. The molecule has 0 spiro atoms. The smallest absolute Gasteiger partial charge is 0.251 e. The molecule has 1 aromatic heterocycles. The first kappa shape index (κ1) is 19.5. The molecule has 146 valence electrons. The zero-order chi connectivity index (χ0) is 20.1. The summed E-state index contributed by atoms with van der Waals surface area (Å²) in [6.07, 6.45) is 2.65. The number of H-pyrrole nitrogens is 1. The molecule has 2 aromatic carbocycles. The molecule has 0 saturated carbocycles. The van der Waals surface area contributed by atoms with Gasteiger partial charge in [0.15, 0.2) is 0 Å². The predicted octanol–water partition coefficient (Wildman–Crippen LogP) is 3.74. The van der Waals surface area contributed by atoms with Crippen LogP contribution in [0.3, 0.4) is 0 Å². The molecule has 0 radical (unpaired) electrons. The van der Waals surface area contributed by atoms with E-state index in [2.05, 4.69) is 15.6 Å². The Morgan fingerprint density at radius 1 is 1.14 bits per heavy atom. The van der Waals surface area contributed by atoms with Crippen LogP contribution < -0.4 is 15.4 Å². The van der Waals surface area contributed by atoms with E-state index in [0.29, 0.717) is 24.2 Å². The average molecular weight is 379 g/mol. The van der Waals surface area contributed by atoms with Gasteiger partial charge in [0.1, 0.15) is 5.75 Å². The standard InChI is InChI=1S/C22H25N3O3/c1-14(2)21(26)25-17-6-4-5-15(11-17)22(27)23-10-9-16-13-24-20-8-7-18(28-3)12-19(16)20/h4-8,11-14,24H,9-10H2,1-3H3,(H,23,27)(H,25,26). The lowest BCUT2D eigenvalue weighted by atomic mass is 10.1. The first-order chi connectivity index (χ1) is 13.5. The number of aromatic nitrogens is 1. The van der Waals surface area contributed by atoms with Gasteiger partial charge in [-0.05, 0) is 48.4 Å². The number of fused-ring (bicyclic) bond motifs is 1. The van der Waals surface area contributed by atoms with Crippen LogP contribution in [-0.2, 0) is 11.2 Å². The van der Waals surface area contributed by atoms with Gasteiger partial charge in [0, 0.05) is 40.8 Å². The van der Waals surface area contributed by atoms with Crippen molar-refractivity contribution in [3.63, 3.8) is 0 Å². The Bertz CT molecular complexity index is 992. The predicted molar refractivity (Wildman–Crippen MR) is 111 cm³/mol. The summed E-state index contributed by atoms with van der Waals surface area (Å²) in [7, 11) is 1.64. The second-order valence-corrected chi connectivity index (χ2v) is 6.96. The number of carbonyl (C=O) groups is 2. The van der Waals surface area contributed by atoms with Crippen LogP contribution in [0.15, 0.2) is 48.7 Å². The fourth-order valence-electron chi connectivity index (χ4n) is 2.93. The molecule has 2 amide bonds. The summed E-state index contributed by atoms with van der Waals surface area (Å²) in [6, 6.07) is 12.8. The number of hydrogen-bond acceptors (Lipinski definition) is 3. The number of carbonyl (C=O) groups excluding carboxylic acids is 2. The molecule has 0 saturated heterocycles. The number of benzene rings is 2. The highest BCUT2D eigenvalue weighted by Crippen LogP contribution is 2.23. The van der Waals surface area contributed by atoms with Gasteiger partial charge in [-0.2, -0.15) is 0 Å². The summed E-state index contributed by atoms with van der Waals surface area (Å²) in [5.41, 5.74) is 3.29. The minimum absolute atomic E-state index is 0.0766. The quantitative estimate of drug-likeness (QED) is 0.585. The lowest BCUT2D eigenvalue weighted by Gasteiger charge is -2.10. The Hall–Kier alpha value is -3.28. The molecule has 0 unspecified atom stereocenters. The molecule has 6 heteroatoms. The summed E-state index contributed by atoms with van der Waals surface area (Å²) in [5.74, 6) is 0.440. The fourth-order valence-corrected chi connectivity index (χ4v) is 2.93. The molecule has 3 N–H and O–H groups in total. The lowest BCUT2D eigenvalue weighted by Crippen LogP contribution is -2.26. The minimum Gasteiger partial charge on any atom is -0.497 e. The van der Waals surface area contributed by atoms with Gasteiger partial charge in [-0.15, -0.1) is 0 Å². The molecule has 0 fully saturated rings. The third-order valence-electron chi connectivity index (χ3n) is 4.57.